The molecule has 0 aromatic heterocycles. The van der Waals surface area contributed by atoms with Crippen molar-refractivity contribution in [2.75, 3.05) is 20.6 Å². The Hall–Kier alpha value is -0.890. The molecule has 1 aliphatic rings. The Morgan fingerprint density at radius 2 is 2.14 bits per heavy atom. The van der Waals surface area contributed by atoms with Crippen LogP contribution in [0.15, 0.2) is 35.7 Å². The van der Waals surface area contributed by atoms with Crippen molar-refractivity contribution < 1.29 is 4.39 Å². The van der Waals surface area contributed by atoms with Gasteiger partial charge in [-0.3, -0.25) is 0 Å². The Morgan fingerprint density at radius 1 is 1.43 bits per heavy atom. The fourth-order valence-electron chi connectivity index (χ4n) is 1.43. The van der Waals surface area contributed by atoms with E-state index >= 15 is 0 Å². The molecule has 2 heteroatoms. The highest BCUT2D eigenvalue weighted by atomic mass is 19.1. The van der Waals surface area contributed by atoms with Crippen LogP contribution in [0.5, 0.6) is 0 Å². The SMILES string of the molecule is C=C(CCN(C)C)C1=CC=C(F)CC1. The van der Waals surface area contributed by atoms with E-state index in [2.05, 4.69) is 11.5 Å². The standard InChI is InChI=1S/C12H18FN/c1-10(8-9-14(2)3)11-4-6-12(13)7-5-11/h4,6H,1,5,7-9H2,2-3H3. The number of halogens is 1. The van der Waals surface area contributed by atoms with Crippen LogP contribution in [0.2, 0.25) is 0 Å². The summed E-state index contributed by atoms with van der Waals surface area (Å²) in [6.45, 7) is 5.03. The van der Waals surface area contributed by atoms with Gasteiger partial charge in [0.05, 0.1) is 0 Å². The van der Waals surface area contributed by atoms with Gasteiger partial charge in [0.2, 0.25) is 0 Å². The Morgan fingerprint density at radius 3 is 2.64 bits per heavy atom. The lowest BCUT2D eigenvalue weighted by Gasteiger charge is -2.15. The molecule has 0 spiro atoms. The van der Waals surface area contributed by atoms with Crippen LogP contribution in [0, 0.1) is 0 Å². The minimum Gasteiger partial charge on any atom is -0.309 e. The molecule has 0 fully saturated rings. The molecule has 0 atom stereocenters. The quantitative estimate of drug-likeness (QED) is 0.666. The van der Waals surface area contributed by atoms with Crippen molar-refractivity contribution in [3.05, 3.63) is 35.7 Å². The first-order chi connectivity index (χ1) is 6.59. The van der Waals surface area contributed by atoms with Gasteiger partial charge in [-0.1, -0.05) is 18.2 Å². The Balaban J connectivity index is 2.46. The lowest BCUT2D eigenvalue weighted by Crippen LogP contribution is -2.13. The zero-order valence-electron chi connectivity index (χ0n) is 9.02. The van der Waals surface area contributed by atoms with E-state index in [1.165, 1.54) is 5.57 Å². The lowest BCUT2D eigenvalue weighted by molar-refractivity contribution is 0.413. The maximum atomic E-state index is 12.7. The Kier molecular flexibility index (Phi) is 4.08. The maximum absolute atomic E-state index is 12.7. The van der Waals surface area contributed by atoms with Crippen molar-refractivity contribution >= 4 is 0 Å². The monoisotopic (exact) mass is 195 g/mol. The number of hydrogen-bond donors (Lipinski definition) is 0. The molecule has 0 aliphatic heterocycles. The summed E-state index contributed by atoms with van der Waals surface area (Å²) in [5, 5.41) is 0. The van der Waals surface area contributed by atoms with Gasteiger partial charge >= 0.3 is 0 Å². The molecule has 0 amide bonds. The number of rotatable bonds is 4. The predicted octanol–water partition coefficient (Wildman–Crippen LogP) is 3.07. The molecule has 1 rings (SSSR count). The molecule has 0 aromatic rings. The molecule has 0 unspecified atom stereocenters. The summed E-state index contributed by atoms with van der Waals surface area (Å²) in [6.07, 6.45) is 5.71. The number of hydrogen-bond acceptors (Lipinski definition) is 1. The molecule has 0 N–H and O–H groups in total. The van der Waals surface area contributed by atoms with Gasteiger partial charge in [-0.25, -0.2) is 4.39 Å². The largest absolute Gasteiger partial charge is 0.309 e. The summed E-state index contributed by atoms with van der Waals surface area (Å²) >= 11 is 0. The van der Waals surface area contributed by atoms with E-state index < -0.39 is 0 Å². The van der Waals surface area contributed by atoms with E-state index in [1.54, 1.807) is 6.08 Å². The zero-order valence-corrected chi connectivity index (χ0v) is 9.02. The number of nitrogens with zero attached hydrogens (tertiary/aromatic N) is 1. The third-order valence-corrected chi connectivity index (χ3v) is 2.41. The fourth-order valence-corrected chi connectivity index (χ4v) is 1.43. The first-order valence-corrected chi connectivity index (χ1v) is 4.97. The molecule has 0 saturated heterocycles. The van der Waals surface area contributed by atoms with E-state index in [-0.39, 0.29) is 5.83 Å². The molecule has 1 nitrogen and oxygen atoms in total. The van der Waals surface area contributed by atoms with Gasteiger partial charge in [0.15, 0.2) is 0 Å². The van der Waals surface area contributed by atoms with Gasteiger partial charge in [0.25, 0.3) is 0 Å². The second kappa shape index (κ2) is 5.11. The van der Waals surface area contributed by atoms with Crippen molar-refractivity contribution in [3.63, 3.8) is 0 Å². The molecule has 0 bridgehead atoms. The van der Waals surface area contributed by atoms with Crippen LogP contribution in [-0.2, 0) is 0 Å². The smallest absolute Gasteiger partial charge is 0.100 e. The van der Waals surface area contributed by atoms with Crippen molar-refractivity contribution in [3.8, 4) is 0 Å². The van der Waals surface area contributed by atoms with Crippen LogP contribution >= 0.6 is 0 Å². The second-order valence-corrected chi connectivity index (χ2v) is 3.96. The van der Waals surface area contributed by atoms with E-state index in [0.29, 0.717) is 6.42 Å². The van der Waals surface area contributed by atoms with Crippen LogP contribution in [0.4, 0.5) is 4.39 Å². The molecule has 78 valence electrons. The van der Waals surface area contributed by atoms with E-state index in [9.17, 15) is 4.39 Å². The summed E-state index contributed by atoms with van der Waals surface area (Å²) in [4.78, 5) is 2.13. The molecule has 0 saturated carbocycles. The van der Waals surface area contributed by atoms with Gasteiger partial charge in [-0.15, -0.1) is 0 Å². The van der Waals surface area contributed by atoms with Crippen molar-refractivity contribution in [2.24, 2.45) is 0 Å². The highest BCUT2D eigenvalue weighted by molar-refractivity contribution is 5.35. The molecular formula is C12H18FN. The van der Waals surface area contributed by atoms with Crippen molar-refractivity contribution in [1.29, 1.82) is 0 Å². The average molecular weight is 195 g/mol. The van der Waals surface area contributed by atoms with Gasteiger partial charge in [0, 0.05) is 13.0 Å². The molecule has 14 heavy (non-hydrogen) atoms. The summed E-state index contributed by atoms with van der Waals surface area (Å²) in [6, 6.07) is 0. The predicted molar refractivity (Wildman–Crippen MR) is 58.8 cm³/mol. The fraction of sp³-hybridized carbons (Fsp3) is 0.500. The summed E-state index contributed by atoms with van der Waals surface area (Å²) in [7, 11) is 4.09. The maximum Gasteiger partial charge on any atom is 0.100 e. The van der Waals surface area contributed by atoms with E-state index in [0.717, 1.165) is 25.0 Å². The van der Waals surface area contributed by atoms with Crippen LogP contribution in [-0.4, -0.2) is 25.5 Å². The molecule has 0 radical (unpaired) electrons. The topological polar surface area (TPSA) is 3.24 Å². The third kappa shape index (κ3) is 3.46. The second-order valence-electron chi connectivity index (χ2n) is 3.96. The van der Waals surface area contributed by atoms with Crippen LogP contribution in [0.1, 0.15) is 19.3 Å². The lowest BCUT2D eigenvalue weighted by atomic mass is 9.96. The highest BCUT2D eigenvalue weighted by Gasteiger charge is 2.08. The molecule has 0 heterocycles. The van der Waals surface area contributed by atoms with Crippen molar-refractivity contribution in [2.45, 2.75) is 19.3 Å². The van der Waals surface area contributed by atoms with Gasteiger partial charge in [-0.2, -0.15) is 0 Å². The normalized spacial score (nSPS) is 16.6. The van der Waals surface area contributed by atoms with Gasteiger partial charge in [0.1, 0.15) is 5.83 Å². The Labute approximate surface area is 85.6 Å². The van der Waals surface area contributed by atoms with Crippen LogP contribution < -0.4 is 0 Å². The summed E-state index contributed by atoms with van der Waals surface area (Å²) < 4.78 is 12.7. The summed E-state index contributed by atoms with van der Waals surface area (Å²) in [5.74, 6) is -0.0193. The number of allylic oxidation sites excluding steroid dienone is 4. The Bertz CT molecular complexity index is 274. The minimum atomic E-state index is -0.0193. The van der Waals surface area contributed by atoms with Gasteiger partial charge < -0.3 is 4.90 Å². The van der Waals surface area contributed by atoms with E-state index in [1.807, 2.05) is 20.2 Å². The zero-order chi connectivity index (χ0) is 10.6. The van der Waals surface area contributed by atoms with Crippen molar-refractivity contribution in [1.82, 2.24) is 4.90 Å². The van der Waals surface area contributed by atoms with E-state index in [4.69, 9.17) is 0 Å². The molecule has 1 aliphatic carbocycles. The highest BCUT2D eigenvalue weighted by Crippen LogP contribution is 2.25. The minimum absolute atomic E-state index is 0.0193. The average Bonchev–Trinajstić information content (AvgIpc) is 2.15. The first-order valence-electron chi connectivity index (χ1n) is 4.97. The van der Waals surface area contributed by atoms with Gasteiger partial charge in [-0.05, 0) is 38.6 Å². The molecular weight excluding hydrogens is 177 g/mol. The van der Waals surface area contributed by atoms with Crippen LogP contribution in [0.3, 0.4) is 0 Å². The third-order valence-electron chi connectivity index (χ3n) is 2.41. The molecule has 0 aromatic carbocycles. The van der Waals surface area contributed by atoms with Crippen LogP contribution in [0.25, 0.3) is 0 Å². The first kappa shape index (κ1) is 11.2. The summed E-state index contributed by atoms with van der Waals surface area (Å²) in [5.41, 5.74) is 2.34.